The maximum absolute atomic E-state index is 12.1. The SMILES string of the molecule is CC.CC(C)C.CN(CC1CCNC1)S(=O)c1ccccc1. The van der Waals surface area contributed by atoms with Gasteiger partial charge in [0, 0.05) is 13.6 Å². The molecule has 3 nitrogen and oxygen atoms in total. The van der Waals surface area contributed by atoms with Crippen molar-refractivity contribution in [2.45, 2.75) is 45.9 Å². The van der Waals surface area contributed by atoms with Crippen LogP contribution in [0.3, 0.4) is 0 Å². The highest BCUT2D eigenvalue weighted by molar-refractivity contribution is 7.82. The zero-order valence-electron chi connectivity index (χ0n) is 15.1. The molecule has 1 heterocycles. The first kappa shape index (κ1) is 21.3. The minimum absolute atomic E-state index is 0.637. The summed E-state index contributed by atoms with van der Waals surface area (Å²) in [4.78, 5) is 0.885. The third kappa shape index (κ3) is 9.34. The van der Waals surface area contributed by atoms with Crippen LogP contribution in [0.4, 0.5) is 0 Å². The van der Waals surface area contributed by atoms with Gasteiger partial charge in [-0.2, -0.15) is 0 Å². The van der Waals surface area contributed by atoms with Crippen LogP contribution in [0.1, 0.15) is 41.0 Å². The molecule has 1 fully saturated rings. The second-order valence-corrected chi connectivity index (χ2v) is 7.56. The smallest absolute Gasteiger partial charge is 0.127 e. The number of benzene rings is 1. The summed E-state index contributed by atoms with van der Waals surface area (Å²) >= 11 is 0. The first-order valence-electron chi connectivity index (χ1n) is 8.39. The van der Waals surface area contributed by atoms with Crippen LogP contribution in [-0.4, -0.2) is 35.2 Å². The number of rotatable bonds is 4. The van der Waals surface area contributed by atoms with E-state index in [0.29, 0.717) is 5.92 Å². The van der Waals surface area contributed by atoms with E-state index in [9.17, 15) is 4.21 Å². The van der Waals surface area contributed by atoms with Crippen molar-refractivity contribution in [3.8, 4) is 0 Å². The molecule has 0 aromatic heterocycles. The Kier molecular flexibility index (Phi) is 12.4. The van der Waals surface area contributed by atoms with E-state index in [0.717, 1.165) is 30.4 Å². The Morgan fingerprint density at radius 2 is 1.77 bits per heavy atom. The summed E-state index contributed by atoms with van der Waals surface area (Å²) in [5.74, 6) is 1.47. The Hall–Kier alpha value is -0.710. The van der Waals surface area contributed by atoms with Gasteiger partial charge >= 0.3 is 0 Å². The van der Waals surface area contributed by atoms with Crippen LogP contribution in [0, 0.1) is 11.8 Å². The van der Waals surface area contributed by atoms with Gasteiger partial charge < -0.3 is 5.32 Å². The highest BCUT2D eigenvalue weighted by atomic mass is 32.2. The molecule has 1 aliphatic rings. The average Bonchev–Trinajstić information content (AvgIpc) is 3.02. The van der Waals surface area contributed by atoms with Crippen LogP contribution in [0.5, 0.6) is 0 Å². The predicted molar refractivity (Wildman–Crippen MR) is 98.3 cm³/mol. The Morgan fingerprint density at radius 3 is 2.23 bits per heavy atom. The summed E-state index contributed by atoms with van der Waals surface area (Å²) in [5.41, 5.74) is 0. The molecule has 1 saturated heterocycles. The van der Waals surface area contributed by atoms with Crippen LogP contribution in [0.15, 0.2) is 35.2 Å². The fourth-order valence-electron chi connectivity index (χ4n) is 2.02. The topological polar surface area (TPSA) is 32.3 Å². The van der Waals surface area contributed by atoms with Crippen molar-refractivity contribution in [1.29, 1.82) is 0 Å². The van der Waals surface area contributed by atoms with Crippen molar-refractivity contribution in [3.05, 3.63) is 30.3 Å². The van der Waals surface area contributed by atoms with Gasteiger partial charge in [0.15, 0.2) is 0 Å². The molecule has 4 heteroatoms. The summed E-state index contributed by atoms with van der Waals surface area (Å²) < 4.78 is 14.1. The summed E-state index contributed by atoms with van der Waals surface area (Å²) in [6.45, 7) is 13.5. The summed E-state index contributed by atoms with van der Waals surface area (Å²) in [7, 11) is 0.913. The van der Waals surface area contributed by atoms with E-state index in [-0.39, 0.29) is 0 Å². The van der Waals surface area contributed by atoms with E-state index in [4.69, 9.17) is 0 Å². The van der Waals surface area contributed by atoms with E-state index >= 15 is 0 Å². The van der Waals surface area contributed by atoms with Gasteiger partial charge in [0.1, 0.15) is 11.0 Å². The quantitative estimate of drug-likeness (QED) is 0.909. The third-order valence-corrected chi connectivity index (χ3v) is 4.30. The first-order valence-corrected chi connectivity index (χ1v) is 9.50. The molecule has 128 valence electrons. The van der Waals surface area contributed by atoms with Gasteiger partial charge in [0.05, 0.1) is 4.90 Å². The summed E-state index contributed by atoms with van der Waals surface area (Å²) in [6.07, 6.45) is 1.19. The lowest BCUT2D eigenvalue weighted by Gasteiger charge is -2.19. The second-order valence-electron chi connectivity index (χ2n) is 5.96. The number of hydrogen-bond donors (Lipinski definition) is 1. The van der Waals surface area contributed by atoms with Crippen LogP contribution in [0.2, 0.25) is 0 Å². The number of hydrogen-bond acceptors (Lipinski definition) is 2. The van der Waals surface area contributed by atoms with Gasteiger partial charge in [0.2, 0.25) is 0 Å². The normalized spacial score (nSPS) is 18.3. The molecule has 0 bridgehead atoms. The summed E-state index contributed by atoms with van der Waals surface area (Å²) in [5, 5.41) is 3.33. The lowest BCUT2D eigenvalue weighted by atomic mass is 10.1. The predicted octanol–water partition coefficient (Wildman–Crippen LogP) is 3.94. The van der Waals surface area contributed by atoms with E-state index < -0.39 is 11.0 Å². The van der Waals surface area contributed by atoms with Crippen molar-refractivity contribution in [2.24, 2.45) is 11.8 Å². The Balaban J connectivity index is 0.000000640. The molecule has 2 unspecified atom stereocenters. The largest absolute Gasteiger partial charge is 0.316 e. The Labute approximate surface area is 140 Å². The molecule has 22 heavy (non-hydrogen) atoms. The van der Waals surface area contributed by atoms with Crippen LogP contribution >= 0.6 is 0 Å². The molecule has 0 saturated carbocycles. The fourth-order valence-corrected chi connectivity index (χ4v) is 3.11. The van der Waals surface area contributed by atoms with E-state index in [2.05, 4.69) is 26.1 Å². The van der Waals surface area contributed by atoms with Gasteiger partial charge in [-0.1, -0.05) is 52.8 Å². The third-order valence-electron chi connectivity index (χ3n) is 2.91. The van der Waals surface area contributed by atoms with Gasteiger partial charge in [0.25, 0.3) is 0 Å². The molecule has 1 aromatic rings. The van der Waals surface area contributed by atoms with Gasteiger partial charge in [-0.3, -0.25) is 0 Å². The van der Waals surface area contributed by atoms with E-state index in [1.165, 1.54) is 6.42 Å². The maximum Gasteiger partial charge on any atom is 0.127 e. The Bertz CT molecular complexity index is 387. The fraction of sp³-hybridized carbons (Fsp3) is 0.667. The number of nitrogens with zero attached hydrogens (tertiary/aromatic N) is 1. The van der Waals surface area contributed by atoms with E-state index in [1.807, 2.05) is 55.5 Å². The molecular formula is C18H34N2OS. The molecule has 2 rings (SSSR count). The minimum atomic E-state index is -1.02. The first-order chi connectivity index (χ1) is 10.5. The van der Waals surface area contributed by atoms with Crippen LogP contribution in [-0.2, 0) is 11.0 Å². The van der Waals surface area contributed by atoms with Gasteiger partial charge in [-0.05, 0) is 43.5 Å². The monoisotopic (exact) mass is 326 g/mol. The second kappa shape index (κ2) is 12.8. The molecular weight excluding hydrogens is 292 g/mol. The maximum atomic E-state index is 12.1. The van der Waals surface area contributed by atoms with Crippen molar-refractivity contribution < 1.29 is 4.21 Å². The Morgan fingerprint density at radius 1 is 1.23 bits per heavy atom. The molecule has 1 aromatic carbocycles. The lowest BCUT2D eigenvalue weighted by molar-refractivity contribution is 0.422. The highest BCUT2D eigenvalue weighted by Crippen LogP contribution is 2.14. The summed E-state index contributed by atoms with van der Waals surface area (Å²) in [6, 6.07) is 9.64. The van der Waals surface area contributed by atoms with Crippen LogP contribution < -0.4 is 5.32 Å². The average molecular weight is 327 g/mol. The molecule has 1 aliphatic heterocycles. The highest BCUT2D eigenvalue weighted by Gasteiger charge is 2.19. The van der Waals surface area contributed by atoms with Gasteiger partial charge in [-0.25, -0.2) is 8.51 Å². The molecule has 1 N–H and O–H groups in total. The molecule has 0 amide bonds. The van der Waals surface area contributed by atoms with Crippen molar-refractivity contribution in [3.63, 3.8) is 0 Å². The standard InChI is InChI=1S/C12H18N2OS.C4H10.C2H6/c1-14(10-11-7-8-13-9-11)16(15)12-5-3-2-4-6-12;1-4(2)3;1-2/h2-6,11,13H,7-10H2,1H3;4H,1-3H3;1-2H3. The molecule has 2 atom stereocenters. The van der Waals surface area contributed by atoms with E-state index in [1.54, 1.807) is 0 Å². The van der Waals surface area contributed by atoms with Gasteiger partial charge in [-0.15, -0.1) is 0 Å². The molecule has 0 aliphatic carbocycles. The molecule has 0 spiro atoms. The minimum Gasteiger partial charge on any atom is -0.316 e. The number of nitrogens with one attached hydrogen (secondary N) is 1. The van der Waals surface area contributed by atoms with Crippen molar-refractivity contribution in [1.82, 2.24) is 9.62 Å². The lowest BCUT2D eigenvalue weighted by Crippen LogP contribution is -2.28. The van der Waals surface area contributed by atoms with Crippen molar-refractivity contribution >= 4 is 11.0 Å². The zero-order chi connectivity index (χ0) is 17.0. The van der Waals surface area contributed by atoms with Crippen molar-refractivity contribution in [2.75, 3.05) is 26.7 Å². The zero-order valence-corrected chi connectivity index (χ0v) is 16.0. The van der Waals surface area contributed by atoms with Crippen LogP contribution in [0.25, 0.3) is 0 Å². The molecule has 0 radical (unpaired) electrons.